The Morgan fingerprint density at radius 3 is 2.33 bits per heavy atom. The lowest BCUT2D eigenvalue weighted by Gasteiger charge is -2.40. The van der Waals surface area contributed by atoms with Crippen LogP contribution >= 0.6 is 11.6 Å². The van der Waals surface area contributed by atoms with Crippen LogP contribution in [0, 0.1) is 0 Å². The standard InChI is InChI=1S/C15H17ClN3O2/c1-18-14(21)17-13(20)15(18)6-8-19(9-7-15)10-11-2-4-12(16)5-3-11/h2-5H,6-10H2,1H3. The Labute approximate surface area is 128 Å². The van der Waals surface area contributed by atoms with Gasteiger partial charge in [-0.15, -0.1) is 0 Å². The van der Waals surface area contributed by atoms with Crippen molar-refractivity contribution in [1.82, 2.24) is 15.1 Å². The van der Waals surface area contributed by atoms with E-state index in [0.717, 1.165) is 24.7 Å². The third-order valence-electron chi connectivity index (χ3n) is 4.53. The van der Waals surface area contributed by atoms with Crippen LogP contribution in [0.4, 0.5) is 4.79 Å². The van der Waals surface area contributed by atoms with Gasteiger partial charge in [0.05, 0.1) is 0 Å². The smallest absolute Gasteiger partial charge is 0.311 e. The summed E-state index contributed by atoms with van der Waals surface area (Å²) >= 11 is 5.88. The number of rotatable bonds is 2. The number of urea groups is 1. The number of amides is 3. The molecular formula is C15H17ClN3O2. The van der Waals surface area contributed by atoms with E-state index < -0.39 is 11.6 Å². The maximum absolute atomic E-state index is 12.0. The first kappa shape index (κ1) is 14.4. The summed E-state index contributed by atoms with van der Waals surface area (Å²) in [4.78, 5) is 27.4. The third-order valence-corrected chi connectivity index (χ3v) is 4.78. The molecule has 0 N–H and O–H groups in total. The van der Waals surface area contributed by atoms with Gasteiger partial charge in [-0.05, 0) is 30.5 Å². The van der Waals surface area contributed by atoms with E-state index >= 15 is 0 Å². The lowest BCUT2D eigenvalue weighted by Crippen LogP contribution is -2.54. The monoisotopic (exact) mass is 306 g/mol. The van der Waals surface area contributed by atoms with Crippen molar-refractivity contribution in [3.05, 3.63) is 34.9 Å². The van der Waals surface area contributed by atoms with Gasteiger partial charge < -0.3 is 4.90 Å². The number of benzene rings is 1. The van der Waals surface area contributed by atoms with Gasteiger partial charge in [0.2, 0.25) is 0 Å². The molecule has 2 aliphatic heterocycles. The second-order valence-corrected chi connectivity index (χ2v) is 6.13. The number of halogens is 1. The molecule has 0 atom stereocenters. The maximum atomic E-state index is 12.0. The number of carbonyl (C=O) groups excluding carboxylic acids is 2. The Kier molecular flexibility index (Phi) is 3.63. The average molecular weight is 307 g/mol. The van der Waals surface area contributed by atoms with E-state index in [1.54, 1.807) is 7.05 Å². The zero-order valence-corrected chi connectivity index (χ0v) is 12.6. The SMILES string of the molecule is CN1C(=O)[N]C(=O)C12CCN(Cc1ccc(Cl)cc1)CC2. The second-order valence-electron chi connectivity index (χ2n) is 5.69. The predicted octanol–water partition coefficient (Wildman–Crippen LogP) is 1.87. The van der Waals surface area contributed by atoms with E-state index in [0.29, 0.717) is 12.8 Å². The molecule has 2 saturated heterocycles. The normalized spacial score (nSPS) is 21.9. The molecule has 1 aromatic rings. The first-order valence-electron chi connectivity index (χ1n) is 7.02. The van der Waals surface area contributed by atoms with Gasteiger partial charge in [0, 0.05) is 31.7 Å². The highest BCUT2D eigenvalue weighted by molar-refractivity contribution is 6.30. The minimum atomic E-state index is -0.701. The van der Waals surface area contributed by atoms with Crippen LogP contribution in [0.3, 0.4) is 0 Å². The molecule has 2 fully saturated rings. The van der Waals surface area contributed by atoms with E-state index in [1.807, 2.05) is 24.3 Å². The number of nitrogens with zero attached hydrogens (tertiary/aromatic N) is 3. The van der Waals surface area contributed by atoms with Gasteiger partial charge >= 0.3 is 6.03 Å². The van der Waals surface area contributed by atoms with E-state index in [4.69, 9.17) is 11.6 Å². The molecule has 0 saturated carbocycles. The highest BCUT2D eigenvalue weighted by Crippen LogP contribution is 2.33. The van der Waals surface area contributed by atoms with Crippen molar-refractivity contribution in [1.29, 1.82) is 0 Å². The average Bonchev–Trinajstić information content (AvgIpc) is 2.68. The van der Waals surface area contributed by atoms with Crippen LogP contribution in [0.25, 0.3) is 0 Å². The molecule has 2 heterocycles. The van der Waals surface area contributed by atoms with Crippen molar-refractivity contribution in [2.45, 2.75) is 24.9 Å². The predicted molar refractivity (Wildman–Crippen MR) is 79.0 cm³/mol. The van der Waals surface area contributed by atoms with Crippen LogP contribution in [0.1, 0.15) is 18.4 Å². The lowest BCUT2D eigenvalue weighted by molar-refractivity contribution is -0.128. The lowest BCUT2D eigenvalue weighted by atomic mass is 9.86. The molecule has 2 aliphatic rings. The Bertz CT molecular complexity index is 565. The van der Waals surface area contributed by atoms with E-state index in [2.05, 4.69) is 10.2 Å². The number of likely N-dealkylation sites (N-methyl/N-ethyl adjacent to an activating group) is 1. The first-order valence-corrected chi connectivity index (χ1v) is 7.40. The Hall–Kier alpha value is -1.59. The van der Waals surface area contributed by atoms with Crippen LogP contribution in [-0.2, 0) is 11.3 Å². The highest BCUT2D eigenvalue weighted by Gasteiger charge is 2.53. The maximum Gasteiger partial charge on any atom is 0.347 e. The number of piperidine rings is 1. The Morgan fingerprint density at radius 2 is 1.81 bits per heavy atom. The molecule has 3 rings (SSSR count). The van der Waals surface area contributed by atoms with Crippen molar-refractivity contribution in [3.63, 3.8) is 0 Å². The van der Waals surface area contributed by atoms with Gasteiger partial charge in [-0.25, -0.2) is 4.79 Å². The van der Waals surface area contributed by atoms with Gasteiger partial charge in [-0.1, -0.05) is 23.7 Å². The molecule has 0 aromatic heterocycles. The van der Waals surface area contributed by atoms with Crippen molar-refractivity contribution < 1.29 is 9.59 Å². The van der Waals surface area contributed by atoms with E-state index in [1.165, 1.54) is 10.5 Å². The van der Waals surface area contributed by atoms with Crippen molar-refractivity contribution in [2.24, 2.45) is 0 Å². The number of likely N-dealkylation sites (tertiary alicyclic amines) is 1. The summed E-state index contributed by atoms with van der Waals surface area (Å²) < 4.78 is 0. The Balaban J connectivity index is 1.64. The van der Waals surface area contributed by atoms with Gasteiger partial charge in [-0.3, -0.25) is 9.69 Å². The minimum absolute atomic E-state index is 0.277. The molecular weight excluding hydrogens is 290 g/mol. The molecule has 1 spiro atoms. The van der Waals surface area contributed by atoms with Gasteiger partial charge in [0.1, 0.15) is 5.54 Å². The summed E-state index contributed by atoms with van der Waals surface area (Å²) in [5.41, 5.74) is 0.496. The molecule has 111 valence electrons. The summed E-state index contributed by atoms with van der Waals surface area (Å²) in [6.45, 7) is 2.39. The molecule has 6 heteroatoms. The van der Waals surface area contributed by atoms with Gasteiger partial charge in [-0.2, -0.15) is 5.32 Å². The summed E-state index contributed by atoms with van der Waals surface area (Å²) in [6, 6.07) is 7.38. The molecule has 21 heavy (non-hydrogen) atoms. The van der Waals surface area contributed by atoms with Crippen molar-refractivity contribution in [3.8, 4) is 0 Å². The van der Waals surface area contributed by atoms with E-state index in [-0.39, 0.29) is 5.91 Å². The van der Waals surface area contributed by atoms with Crippen LogP contribution in [0.15, 0.2) is 24.3 Å². The topological polar surface area (TPSA) is 54.7 Å². The summed E-state index contributed by atoms with van der Waals surface area (Å²) in [6.07, 6.45) is 1.29. The summed E-state index contributed by atoms with van der Waals surface area (Å²) in [5.74, 6) is -0.277. The first-order chi connectivity index (χ1) is 10.0. The molecule has 1 radical (unpaired) electrons. The molecule has 0 aliphatic carbocycles. The summed E-state index contributed by atoms with van der Waals surface area (Å²) in [7, 11) is 1.67. The number of imide groups is 1. The fourth-order valence-corrected chi connectivity index (χ4v) is 3.20. The second kappa shape index (κ2) is 5.31. The van der Waals surface area contributed by atoms with Crippen LogP contribution in [0.5, 0.6) is 0 Å². The number of hydrogen-bond donors (Lipinski definition) is 0. The molecule has 3 amide bonds. The van der Waals surface area contributed by atoms with Crippen molar-refractivity contribution in [2.75, 3.05) is 20.1 Å². The molecule has 0 bridgehead atoms. The quantitative estimate of drug-likeness (QED) is 0.784. The molecule has 1 aromatic carbocycles. The molecule has 5 nitrogen and oxygen atoms in total. The molecule has 0 unspecified atom stereocenters. The zero-order valence-electron chi connectivity index (χ0n) is 11.9. The fourth-order valence-electron chi connectivity index (χ4n) is 3.07. The van der Waals surface area contributed by atoms with E-state index in [9.17, 15) is 9.59 Å². The largest absolute Gasteiger partial charge is 0.347 e. The van der Waals surface area contributed by atoms with Crippen LogP contribution < -0.4 is 5.32 Å². The minimum Gasteiger partial charge on any atom is -0.311 e. The van der Waals surface area contributed by atoms with Crippen molar-refractivity contribution >= 4 is 23.5 Å². The van der Waals surface area contributed by atoms with Gasteiger partial charge in [0.25, 0.3) is 5.91 Å². The number of hydrogen-bond acceptors (Lipinski definition) is 3. The zero-order chi connectivity index (χ0) is 15.0. The highest BCUT2D eigenvalue weighted by atomic mass is 35.5. The van der Waals surface area contributed by atoms with Crippen LogP contribution in [-0.4, -0.2) is 47.4 Å². The fraction of sp³-hybridized carbons (Fsp3) is 0.467. The van der Waals surface area contributed by atoms with Gasteiger partial charge in [0.15, 0.2) is 0 Å². The Morgan fingerprint density at radius 1 is 1.19 bits per heavy atom. The van der Waals surface area contributed by atoms with Crippen LogP contribution in [0.2, 0.25) is 5.02 Å². The third kappa shape index (κ3) is 2.51. The number of carbonyl (C=O) groups is 2. The summed E-state index contributed by atoms with van der Waals surface area (Å²) in [5, 5.41) is 4.31.